The average molecular weight is 557 g/mol. The van der Waals surface area contributed by atoms with E-state index in [0.717, 1.165) is 31.2 Å². The second kappa shape index (κ2) is 14.9. The molecule has 0 fully saturated rings. The first-order chi connectivity index (χ1) is 18.7. The molecule has 1 heterocycles. The maximum absolute atomic E-state index is 13.8. The lowest BCUT2D eigenvalue weighted by molar-refractivity contribution is -0.135. The summed E-state index contributed by atoms with van der Waals surface area (Å²) >= 11 is 6.28. The van der Waals surface area contributed by atoms with Gasteiger partial charge in [0.1, 0.15) is 11.8 Å². The SMILES string of the molecule is CN(C)CC(=O)N1CCCCOc2ccc(Cl)cc2C(=O)N(C)[C@@H](Cc2ccccc2)C(=O)N(C)CCCC1. The number of nitrogens with zero attached hydrogens (tertiary/aromatic N) is 4. The number of likely N-dealkylation sites (N-methyl/N-ethyl adjacent to an activating group) is 3. The number of carbonyl (C=O) groups excluding carboxylic acids is 3. The van der Waals surface area contributed by atoms with Gasteiger partial charge in [-0.1, -0.05) is 41.9 Å². The van der Waals surface area contributed by atoms with E-state index in [1.807, 2.05) is 54.2 Å². The maximum Gasteiger partial charge on any atom is 0.258 e. The van der Waals surface area contributed by atoms with Crippen LogP contribution in [0.25, 0.3) is 0 Å². The number of carbonyl (C=O) groups is 3. The van der Waals surface area contributed by atoms with E-state index < -0.39 is 6.04 Å². The van der Waals surface area contributed by atoms with Crippen LogP contribution >= 0.6 is 11.6 Å². The second-order valence-electron chi connectivity index (χ2n) is 10.4. The number of fused-ring (bicyclic) bond motifs is 1. The highest BCUT2D eigenvalue weighted by Crippen LogP contribution is 2.26. The fourth-order valence-electron chi connectivity index (χ4n) is 4.69. The quantitative estimate of drug-likeness (QED) is 0.572. The Hall–Kier alpha value is -3.10. The van der Waals surface area contributed by atoms with E-state index in [-0.39, 0.29) is 17.7 Å². The predicted octanol–water partition coefficient (Wildman–Crippen LogP) is 3.82. The minimum Gasteiger partial charge on any atom is -0.493 e. The third-order valence-electron chi connectivity index (χ3n) is 6.95. The van der Waals surface area contributed by atoms with Crippen LogP contribution in [-0.2, 0) is 16.0 Å². The third-order valence-corrected chi connectivity index (χ3v) is 7.18. The molecule has 0 saturated heterocycles. The third kappa shape index (κ3) is 8.97. The molecule has 2 aromatic rings. The molecule has 8 nitrogen and oxygen atoms in total. The monoisotopic (exact) mass is 556 g/mol. The Bertz CT molecular complexity index is 1110. The summed E-state index contributed by atoms with van der Waals surface area (Å²) in [5, 5.41) is 0.420. The van der Waals surface area contributed by atoms with Crippen LogP contribution in [0.4, 0.5) is 0 Å². The van der Waals surface area contributed by atoms with Crippen molar-refractivity contribution in [3.8, 4) is 5.75 Å². The summed E-state index contributed by atoms with van der Waals surface area (Å²) in [5.74, 6) is 0.0720. The Labute approximate surface area is 237 Å². The number of hydrogen-bond donors (Lipinski definition) is 0. The maximum atomic E-state index is 13.8. The van der Waals surface area contributed by atoms with Crippen LogP contribution in [0.15, 0.2) is 48.5 Å². The molecular weight excluding hydrogens is 516 g/mol. The zero-order chi connectivity index (χ0) is 28.4. The molecule has 3 rings (SSSR count). The van der Waals surface area contributed by atoms with Crippen LogP contribution in [0.1, 0.15) is 41.6 Å². The number of rotatable bonds is 4. The average Bonchev–Trinajstić information content (AvgIpc) is 2.91. The molecule has 0 N–H and O–H groups in total. The van der Waals surface area contributed by atoms with Gasteiger partial charge >= 0.3 is 0 Å². The molecule has 0 spiro atoms. The summed E-state index contributed by atoms with van der Waals surface area (Å²) in [6, 6.07) is 14.0. The van der Waals surface area contributed by atoms with E-state index in [1.165, 1.54) is 4.90 Å². The molecule has 3 amide bonds. The van der Waals surface area contributed by atoms with E-state index in [4.69, 9.17) is 16.3 Å². The van der Waals surface area contributed by atoms with Crippen LogP contribution in [0.5, 0.6) is 5.75 Å². The highest BCUT2D eigenvalue weighted by atomic mass is 35.5. The van der Waals surface area contributed by atoms with Crippen molar-refractivity contribution in [3.05, 3.63) is 64.7 Å². The van der Waals surface area contributed by atoms with Gasteiger partial charge in [-0.3, -0.25) is 14.4 Å². The van der Waals surface area contributed by atoms with E-state index in [9.17, 15) is 14.4 Å². The molecule has 0 unspecified atom stereocenters. The molecule has 39 heavy (non-hydrogen) atoms. The molecule has 0 radical (unpaired) electrons. The van der Waals surface area contributed by atoms with Crippen LogP contribution < -0.4 is 4.74 Å². The summed E-state index contributed by atoms with van der Waals surface area (Å²) in [5.41, 5.74) is 1.29. The van der Waals surface area contributed by atoms with Gasteiger partial charge in [-0.2, -0.15) is 0 Å². The Morgan fingerprint density at radius 3 is 2.33 bits per heavy atom. The Morgan fingerprint density at radius 1 is 0.974 bits per heavy atom. The van der Waals surface area contributed by atoms with Crippen LogP contribution in [0, 0.1) is 0 Å². The van der Waals surface area contributed by atoms with Crippen molar-refractivity contribution < 1.29 is 19.1 Å². The van der Waals surface area contributed by atoms with Gasteiger partial charge in [0, 0.05) is 45.2 Å². The van der Waals surface area contributed by atoms with E-state index >= 15 is 0 Å². The summed E-state index contributed by atoms with van der Waals surface area (Å²) in [7, 11) is 7.21. The Morgan fingerprint density at radius 2 is 1.64 bits per heavy atom. The molecule has 9 heteroatoms. The van der Waals surface area contributed by atoms with E-state index in [0.29, 0.717) is 55.5 Å². The van der Waals surface area contributed by atoms with Crippen molar-refractivity contribution in [1.82, 2.24) is 19.6 Å². The number of halogens is 1. The number of amides is 3. The molecule has 0 saturated carbocycles. The lowest BCUT2D eigenvalue weighted by Gasteiger charge is -2.31. The summed E-state index contributed by atoms with van der Waals surface area (Å²) in [6.07, 6.45) is 3.44. The lowest BCUT2D eigenvalue weighted by Crippen LogP contribution is -2.49. The fourth-order valence-corrected chi connectivity index (χ4v) is 4.86. The van der Waals surface area contributed by atoms with Gasteiger partial charge < -0.3 is 24.3 Å². The van der Waals surface area contributed by atoms with Gasteiger partial charge in [0.25, 0.3) is 5.91 Å². The van der Waals surface area contributed by atoms with E-state index in [2.05, 4.69) is 0 Å². The highest BCUT2D eigenvalue weighted by molar-refractivity contribution is 6.31. The Balaban J connectivity index is 1.89. The summed E-state index contributed by atoms with van der Waals surface area (Å²) in [4.78, 5) is 47.3. The molecule has 1 atom stereocenters. The minimum atomic E-state index is -0.703. The highest BCUT2D eigenvalue weighted by Gasteiger charge is 2.31. The molecule has 0 aliphatic carbocycles. The van der Waals surface area contributed by atoms with Crippen molar-refractivity contribution >= 4 is 29.3 Å². The second-order valence-corrected chi connectivity index (χ2v) is 10.8. The van der Waals surface area contributed by atoms with Gasteiger partial charge in [0.15, 0.2) is 0 Å². The Kier molecular flexibility index (Phi) is 11.6. The van der Waals surface area contributed by atoms with Gasteiger partial charge in [-0.05, 0) is 63.5 Å². The largest absolute Gasteiger partial charge is 0.493 e. The van der Waals surface area contributed by atoms with E-state index in [1.54, 1.807) is 37.2 Å². The number of hydrogen-bond acceptors (Lipinski definition) is 5. The summed E-state index contributed by atoms with van der Waals surface area (Å²) < 4.78 is 6.04. The van der Waals surface area contributed by atoms with Crippen LogP contribution in [0.3, 0.4) is 0 Å². The van der Waals surface area contributed by atoms with Gasteiger partial charge in [-0.15, -0.1) is 0 Å². The smallest absolute Gasteiger partial charge is 0.258 e. The summed E-state index contributed by atoms with van der Waals surface area (Å²) in [6.45, 7) is 2.57. The standard InChI is InChI=1S/C30H41ClN4O4/c1-32(2)22-28(36)35-17-9-8-16-33(3)30(38)26(20-23-12-6-5-7-13-23)34(4)29(37)25-21-24(31)14-15-27(25)39-19-11-10-18-35/h5-7,12-15,21,26H,8-11,16-20,22H2,1-4H3/t26-/m0/s1. The number of ether oxygens (including phenoxy) is 1. The first-order valence-electron chi connectivity index (χ1n) is 13.6. The molecular formula is C30H41ClN4O4. The van der Waals surface area contributed by atoms with Crippen molar-refractivity contribution in [2.45, 2.75) is 38.1 Å². The minimum absolute atomic E-state index is 0.0957. The van der Waals surface area contributed by atoms with Crippen molar-refractivity contribution in [2.75, 3.05) is 61.0 Å². The molecule has 0 aromatic heterocycles. The molecule has 2 aromatic carbocycles. The predicted molar refractivity (Wildman–Crippen MR) is 154 cm³/mol. The number of benzene rings is 2. The topological polar surface area (TPSA) is 73.4 Å². The van der Waals surface area contributed by atoms with Crippen LogP contribution in [0.2, 0.25) is 5.02 Å². The van der Waals surface area contributed by atoms with Crippen molar-refractivity contribution in [1.29, 1.82) is 0 Å². The normalized spacial score (nSPS) is 18.5. The van der Waals surface area contributed by atoms with Gasteiger partial charge in [0.2, 0.25) is 11.8 Å². The van der Waals surface area contributed by atoms with Gasteiger partial charge in [0.05, 0.1) is 18.7 Å². The fraction of sp³-hybridized carbons (Fsp3) is 0.500. The molecule has 1 aliphatic heterocycles. The molecule has 212 valence electrons. The first kappa shape index (κ1) is 30.4. The first-order valence-corrected chi connectivity index (χ1v) is 14.0. The van der Waals surface area contributed by atoms with Crippen molar-refractivity contribution in [3.63, 3.8) is 0 Å². The molecule has 1 aliphatic rings. The zero-order valence-corrected chi connectivity index (χ0v) is 24.3. The van der Waals surface area contributed by atoms with Gasteiger partial charge in [-0.25, -0.2) is 0 Å². The molecule has 0 bridgehead atoms. The zero-order valence-electron chi connectivity index (χ0n) is 23.6. The van der Waals surface area contributed by atoms with Crippen molar-refractivity contribution in [2.24, 2.45) is 0 Å². The lowest BCUT2D eigenvalue weighted by atomic mass is 10.0. The van der Waals surface area contributed by atoms with Crippen LogP contribution in [-0.4, -0.2) is 104 Å².